The predicted molar refractivity (Wildman–Crippen MR) is 108 cm³/mol. The van der Waals surface area contributed by atoms with Crippen molar-refractivity contribution in [2.45, 2.75) is 53.2 Å². The van der Waals surface area contributed by atoms with E-state index >= 15 is 0 Å². The molecule has 1 heterocycles. The van der Waals surface area contributed by atoms with Crippen LogP contribution in [0.3, 0.4) is 0 Å². The van der Waals surface area contributed by atoms with Crippen LogP contribution in [-0.4, -0.2) is 47.1 Å². The first-order valence-corrected chi connectivity index (χ1v) is 9.92. The number of carbonyl (C=O) groups excluding carboxylic acids is 2. The van der Waals surface area contributed by atoms with Crippen LogP contribution in [0, 0.1) is 17.3 Å². The number of nitrogens with one attached hydrogen (secondary N) is 1. The van der Waals surface area contributed by atoms with Gasteiger partial charge in [-0.2, -0.15) is 0 Å². The van der Waals surface area contributed by atoms with Gasteiger partial charge >= 0.3 is 0 Å². The van der Waals surface area contributed by atoms with Gasteiger partial charge in [-0.1, -0.05) is 58.4 Å². The van der Waals surface area contributed by atoms with Crippen LogP contribution in [0.15, 0.2) is 24.3 Å². The normalized spacial score (nSPS) is 21.9. The Morgan fingerprint density at radius 1 is 1.26 bits per heavy atom. The fourth-order valence-corrected chi connectivity index (χ4v) is 3.94. The van der Waals surface area contributed by atoms with Crippen LogP contribution in [0.2, 0.25) is 5.02 Å². The second-order valence-corrected chi connectivity index (χ2v) is 9.19. The number of carbonyl (C=O) groups is 2. The SMILES string of the molecule is CC(C)[C@H](NC(=O)c1ccccc1Cl)C(=O)N1CC[C@H](C(C)(C)C)[C@H](O)C1. The van der Waals surface area contributed by atoms with Gasteiger partial charge in [-0.3, -0.25) is 9.59 Å². The van der Waals surface area contributed by atoms with Crippen LogP contribution in [0.5, 0.6) is 0 Å². The lowest BCUT2D eigenvalue weighted by Crippen LogP contribution is -2.56. The van der Waals surface area contributed by atoms with Gasteiger partial charge in [0.05, 0.1) is 16.7 Å². The average Bonchev–Trinajstić information content (AvgIpc) is 2.57. The number of likely N-dealkylation sites (tertiary alicyclic amines) is 1. The van der Waals surface area contributed by atoms with Crippen molar-refractivity contribution in [3.05, 3.63) is 34.9 Å². The molecule has 150 valence electrons. The number of piperidine rings is 1. The maximum atomic E-state index is 13.1. The Kier molecular flexibility index (Phi) is 6.92. The molecule has 2 amide bonds. The summed E-state index contributed by atoms with van der Waals surface area (Å²) in [5.41, 5.74) is 0.341. The van der Waals surface area contributed by atoms with Crippen molar-refractivity contribution in [2.75, 3.05) is 13.1 Å². The lowest BCUT2D eigenvalue weighted by molar-refractivity contribution is -0.140. The molecule has 1 aliphatic rings. The fourth-order valence-electron chi connectivity index (χ4n) is 3.72. The molecule has 0 spiro atoms. The highest BCUT2D eigenvalue weighted by Gasteiger charge is 2.39. The summed E-state index contributed by atoms with van der Waals surface area (Å²) in [6.45, 7) is 11.0. The van der Waals surface area contributed by atoms with Crippen molar-refractivity contribution < 1.29 is 14.7 Å². The zero-order valence-corrected chi connectivity index (χ0v) is 17.6. The van der Waals surface area contributed by atoms with Gasteiger partial charge in [0.1, 0.15) is 6.04 Å². The Morgan fingerprint density at radius 3 is 2.41 bits per heavy atom. The molecule has 0 aromatic heterocycles. The third kappa shape index (κ3) is 5.23. The summed E-state index contributed by atoms with van der Waals surface area (Å²) in [4.78, 5) is 27.3. The van der Waals surface area contributed by atoms with Crippen LogP contribution in [0.25, 0.3) is 0 Å². The maximum absolute atomic E-state index is 13.1. The highest BCUT2D eigenvalue weighted by Crippen LogP contribution is 2.34. The molecule has 5 nitrogen and oxygen atoms in total. The minimum atomic E-state index is -0.660. The molecule has 0 saturated carbocycles. The zero-order chi connectivity index (χ0) is 20.4. The Morgan fingerprint density at radius 2 is 1.89 bits per heavy atom. The number of halogens is 1. The van der Waals surface area contributed by atoms with Crippen molar-refractivity contribution >= 4 is 23.4 Å². The molecule has 2 N–H and O–H groups in total. The molecule has 0 aliphatic carbocycles. The van der Waals surface area contributed by atoms with Crippen LogP contribution < -0.4 is 5.32 Å². The van der Waals surface area contributed by atoms with Crippen LogP contribution in [0.1, 0.15) is 51.4 Å². The second kappa shape index (κ2) is 8.61. The number of rotatable bonds is 4. The second-order valence-electron chi connectivity index (χ2n) is 8.79. The Hall–Kier alpha value is -1.59. The van der Waals surface area contributed by atoms with E-state index in [9.17, 15) is 14.7 Å². The van der Waals surface area contributed by atoms with Crippen molar-refractivity contribution in [1.82, 2.24) is 10.2 Å². The minimum absolute atomic E-state index is 0.00964. The van der Waals surface area contributed by atoms with Gasteiger partial charge in [-0.05, 0) is 35.8 Å². The zero-order valence-electron chi connectivity index (χ0n) is 16.8. The number of aliphatic hydroxyl groups is 1. The quantitative estimate of drug-likeness (QED) is 0.822. The minimum Gasteiger partial charge on any atom is -0.391 e. The third-order valence-electron chi connectivity index (χ3n) is 5.34. The Bertz CT molecular complexity index is 684. The van der Waals surface area contributed by atoms with Crippen molar-refractivity contribution in [2.24, 2.45) is 17.3 Å². The summed E-state index contributed by atoms with van der Waals surface area (Å²) in [6, 6.07) is 6.12. The van der Waals surface area contributed by atoms with Crippen LogP contribution in [-0.2, 0) is 4.79 Å². The van der Waals surface area contributed by atoms with Crippen molar-refractivity contribution in [3.63, 3.8) is 0 Å². The first-order chi connectivity index (χ1) is 12.5. The summed E-state index contributed by atoms with van der Waals surface area (Å²) in [5.74, 6) is -0.451. The monoisotopic (exact) mass is 394 g/mol. The molecule has 1 aromatic carbocycles. The van der Waals surface area contributed by atoms with Crippen LogP contribution in [0.4, 0.5) is 0 Å². The van der Waals surface area contributed by atoms with Gasteiger partial charge in [0, 0.05) is 13.1 Å². The van der Waals surface area contributed by atoms with E-state index in [1.165, 1.54) is 0 Å². The molecule has 1 aliphatic heterocycles. The maximum Gasteiger partial charge on any atom is 0.253 e. The molecular formula is C21H31ClN2O3. The van der Waals surface area contributed by atoms with E-state index in [0.29, 0.717) is 23.7 Å². The number of amides is 2. The summed E-state index contributed by atoms with van der Waals surface area (Å²) >= 11 is 6.10. The number of β-amino-alcohol motifs (C(OH)–C–C–N with tert-alkyl or cyclic N) is 1. The largest absolute Gasteiger partial charge is 0.391 e. The van der Waals surface area contributed by atoms with E-state index in [1.807, 2.05) is 13.8 Å². The molecule has 1 fully saturated rings. The standard InChI is InChI=1S/C21H31ClN2O3/c1-13(2)18(23-19(26)14-8-6-7-9-16(14)22)20(27)24-11-10-15(17(25)12-24)21(3,4)5/h6-9,13,15,17-18,25H,10-12H2,1-5H3,(H,23,26)/t15-,17+,18-/m0/s1. The number of benzene rings is 1. The van der Waals surface area contributed by atoms with E-state index in [4.69, 9.17) is 11.6 Å². The smallest absolute Gasteiger partial charge is 0.253 e. The molecule has 0 radical (unpaired) electrons. The molecule has 2 rings (SSSR count). The highest BCUT2D eigenvalue weighted by molar-refractivity contribution is 6.33. The van der Waals surface area contributed by atoms with Crippen LogP contribution >= 0.6 is 11.6 Å². The summed E-state index contributed by atoms with van der Waals surface area (Å²) in [5, 5.41) is 13.7. The number of hydrogen-bond acceptors (Lipinski definition) is 3. The first kappa shape index (κ1) is 21.7. The molecule has 6 heteroatoms. The number of aliphatic hydroxyl groups excluding tert-OH is 1. The summed E-state index contributed by atoms with van der Waals surface area (Å²) in [6.07, 6.45) is 0.189. The molecular weight excluding hydrogens is 364 g/mol. The van der Waals surface area contributed by atoms with Crippen molar-refractivity contribution in [1.29, 1.82) is 0 Å². The average molecular weight is 395 g/mol. The molecule has 0 bridgehead atoms. The van der Waals surface area contributed by atoms with Gasteiger partial charge in [0.15, 0.2) is 0 Å². The lowest BCUT2D eigenvalue weighted by atomic mass is 9.73. The summed E-state index contributed by atoms with van der Waals surface area (Å²) < 4.78 is 0. The molecule has 27 heavy (non-hydrogen) atoms. The van der Waals surface area contributed by atoms with Gasteiger partial charge in [0.2, 0.25) is 5.91 Å². The molecule has 0 unspecified atom stereocenters. The van der Waals surface area contributed by atoms with Crippen molar-refractivity contribution in [3.8, 4) is 0 Å². The molecule has 3 atom stereocenters. The van der Waals surface area contributed by atoms with Gasteiger partial charge in [0.25, 0.3) is 5.91 Å². The van der Waals surface area contributed by atoms with E-state index < -0.39 is 12.1 Å². The number of nitrogens with zero attached hydrogens (tertiary/aromatic N) is 1. The third-order valence-corrected chi connectivity index (χ3v) is 5.67. The lowest BCUT2D eigenvalue weighted by Gasteiger charge is -2.43. The van der Waals surface area contributed by atoms with Gasteiger partial charge in [-0.25, -0.2) is 0 Å². The van der Waals surface area contributed by atoms with E-state index in [0.717, 1.165) is 6.42 Å². The van der Waals surface area contributed by atoms with E-state index in [1.54, 1.807) is 29.2 Å². The number of hydrogen-bond donors (Lipinski definition) is 2. The first-order valence-electron chi connectivity index (χ1n) is 9.54. The van der Waals surface area contributed by atoms with E-state index in [-0.39, 0.29) is 29.1 Å². The van der Waals surface area contributed by atoms with Gasteiger partial charge < -0.3 is 15.3 Å². The Labute approximate surface area is 167 Å². The Balaban J connectivity index is 2.10. The summed E-state index contributed by atoms with van der Waals surface area (Å²) in [7, 11) is 0. The highest BCUT2D eigenvalue weighted by atomic mass is 35.5. The van der Waals surface area contributed by atoms with E-state index in [2.05, 4.69) is 26.1 Å². The van der Waals surface area contributed by atoms with Gasteiger partial charge in [-0.15, -0.1) is 0 Å². The topological polar surface area (TPSA) is 69.6 Å². The predicted octanol–water partition coefficient (Wildman–Crippen LogP) is 3.35. The molecule has 1 aromatic rings. The fraction of sp³-hybridized carbons (Fsp3) is 0.619. The molecule has 1 saturated heterocycles.